The second-order valence-corrected chi connectivity index (χ2v) is 8.18. The van der Waals surface area contributed by atoms with Crippen molar-refractivity contribution in [3.63, 3.8) is 0 Å². The Morgan fingerprint density at radius 1 is 1.13 bits per heavy atom. The predicted molar refractivity (Wildman–Crippen MR) is 106 cm³/mol. The average molecular weight is 435 g/mol. The normalized spacial score (nSPS) is 31.2. The van der Waals surface area contributed by atoms with Gasteiger partial charge in [0.25, 0.3) is 0 Å². The first-order chi connectivity index (χ1) is 14.0. The standard InChI is InChI=1S/C20H21NO8S/c1-11(22)18(25)10-30-17(19(26,12(2)23)20(18,27)13(3)24)29-15-5-4-7-21-16(15)14-6-8-28-9-14/h4-9,17,25-27H,10H2,1-3H3/t17-,18-,19-,20-/m0/s1. The zero-order chi connectivity index (χ0) is 22.3. The van der Waals surface area contributed by atoms with Crippen LogP contribution >= 0.6 is 11.8 Å². The topological polar surface area (TPSA) is 147 Å². The second kappa shape index (κ2) is 7.62. The molecule has 2 aromatic rings. The Morgan fingerprint density at radius 3 is 2.37 bits per heavy atom. The number of aromatic nitrogens is 1. The fourth-order valence-electron chi connectivity index (χ4n) is 3.58. The van der Waals surface area contributed by atoms with Gasteiger partial charge in [-0.2, -0.15) is 0 Å². The molecule has 30 heavy (non-hydrogen) atoms. The summed E-state index contributed by atoms with van der Waals surface area (Å²) in [5, 5.41) is 33.4. The number of carbonyl (C=O) groups is 3. The lowest BCUT2D eigenvalue weighted by Gasteiger charge is -2.54. The minimum absolute atomic E-state index is 0.134. The van der Waals surface area contributed by atoms with E-state index in [4.69, 9.17) is 9.15 Å². The van der Waals surface area contributed by atoms with E-state index in [9.17, 15) is 29.7 Å². The van der Waals surface area contributed by atoms with Crippen LogP contribution in [-0.4, -0.2) is 65.6 Å². The quantitative estimate of drug-likeness (QED) is 0.594. The van der Waals surface area contributed by atoms with Crippen molar-refractivity contribution in [2.75, 3.05) is 5.75 Å². The summed E-state index contributed by atoms with van der Waals surface area (Å²) in [6.07, 6.45) is 4.35. The van der Waals surface area contributed by atoms with Crippen LogP contribution in [0.3, 0.4) is 0 Å². The van der Waals surface area contributed by atoms with Crippen molar-refractivity contribution in [1.29, 1.82) is 0 Å². The molecule has 0 amide bonds. The van der Waals surface area contributed by atoms with Crippen LogP contribution in [0.25, 0.3) is 11.3 Å². The van der Waals surface area contributed by atoms with Crippen LogP contribution in [0.5, 0.6) is 5.75 Å². The van der Waals surface area contributed by atoms with E-state index in [1.165, 1.54) is 24.8 Å². The first-order valence-corrected chi connectivity index (χ1v) is 10.0. The number of furan rings is 1. The molecule has 3 heterocycles. The molecule has 0 spiro atoms. The molecule has 1 fully saturated rings. The summed E-state index contributed by atoms with van der Waals surface area (Å²) in [6.45, 7) is 2.79. The monoisotopic (exact) mass is 435 g/mol. The van der Waals surface area contributed by atoms with E-state index in [1.54, 1.807) is 12.1 Å². The Labute approximate surface area is 176 Å². The van der Waals surface area contributed by atoms with Crippen LogP contribution in [0.4, 0.5) is 0 Å². The van der Waals surface area contributed by atoms with Gasteiger partial charge in [-0.05, 0) is 39.0 Å². The number of Topliss-reactive ketones (excluding diaryl/α,β-unsaturated/α-hetero) is 3. The number of hydrogen-bond donors (Lipinski definition) is 3. The summed E-state index contributed by atoms with van der Waals surface area (Å²) in [7, 11) is 0. The molecule has 1 aliphatic rings. The highest BCUT2D eigenvalue weighted by molar-refractivity contribution is 8.00. The molecule has 4 atom stereocenters. The lowest BCUT2D eigenvalue weighted by atomic mass is 9.65. The van der Waals surface area contributed by atoms with Gasteiger partial charge in [-0.3, -0.25) is 19.4 Å². The van der Waals surface area contributed by atoms with Crippen LogP contribution < -0.4 is 4.74 Å². The van der Waals surface area contributed by atoms with Crippen molar-refractivity contribution < 1.29 is 38.9 Å². The van der Waals surface area contributed by atoms with Crippen LogP contribution in [0.15, 0.2) is 41.3 Å². The summed E-state index contributed by atoms with van der Waals surface area (Å²) >= 11 is 0.727. The molecule has 3 rings (SSSR count). The van der Waals surface area contributed by atoms with Gasteiger partial charge in [-0.25, -0.2) is 0 Å². The second-order valence-electron chi connectivity index (χ2n) is 7.13. The summed E-state index contributed by atoms with van der Waals surface area (Å²) < 4.78 is 10.9. The molecule has 1 saturated heterocycles. The highest BCUT2D eigenvalue weighted by Gasteiger charge is 2.75. The zero-order valence-electron chi connectivity index (χ0n) is 16.5. The average Bonchev–Trinajstić information content (AvgIpc) is 3.23. The summed E-state index contributed by atoms with van der Waals surface area (Å²) in [4.78, 5) is 41.4. The molecule has 9 nitrogen and oxygen atoms in total. The number of ether oxygens (including phenoxy) is 1. The molecule has 0 saturated carbocycles. The van der Waals surface area contributed by atoms with Crippen LogP contribution in [0.2, 0.25) is 0 Å². The summed E-state index contributed by atoms with van der Waals surface area (Å²) in [6, 6.07) is 4.71. The van der Waals surface area contributed by atoms with E-state index in [0.717, 1.165) is 32.5 Å². The molecule has 0 radical (unpaired) electrons. The lowest BCUT2D eigenvalue weighted by molar-refractivity contribution is -0.235. The summed E-state index contributed by atoms with van der Waals surface area (Å²) in [5.74, 6) is -3.51. The predicted octanol–water partition coefficient (Wildman–Crippen LogP) is 0.754. The Bertz CT molecular complexity index is 992. The Hall–Kier alpha value is -2.53. The molecular weight excluding hydrogens is 414 g/mol. The molecule has 0 aliphatic carbocycles. The van der Waals surface area contributed by atoms with Gasteiger partial charge < -0.3 is 24.5 Å². The third-order valence-corrected chi connectivity index (χ3v) is 6.69. The van der Waals surface area contributed by atoms with E-state index < -0.39 is 45.3 Å². The van der Waals surface area contributed by atoms with Crippen molar-refractivity contribution in [3.8, 4) is 17.0 Å². The fourth-order valence-corrected chi connectivity index (χ4v) is 5.13. The first-order valence-electron chi connectivity index (χ1n) is 8.96. The third-order valence-electron chi connectivity index (χ3n) is 5.36. The van der Waals surface area contributed by atoms with E-state index in [0.29, 0.717) is 11.3 Å². The van der Waals surface area contributed by atoms with Gasteiger partial charge >= 0.3 is 0 Å². The van der Waals surface area contributed by atoms with Gasteiger partial charge in [0.15, 0.2) is 34.0 Å². The van der Waals surface area contributed by atoms with Crippen molar-refractivity contribution in [1.82, 2.24) is 4.98 Å². The van der Waals surface area contributed by atoms with Crippen molar-refractivity contribution in [3.05, 3.63) is 36.9 Å². The van der Waals surface area contributed by atoms with E-state index in [-0.39, 0.29) is 5.75 Å². The minimum atomic E-state index is -3.12. The number of carbonyl (C=O) groups excluding carboxylic acids is 3. The van der Waals surface area contributed by atoms with E-state index >= 15 is 0 Å². The maximum atomic E-state index is 12.6. The van der Waals surface area contributed by atoms with Crippen molar-refractivity contribution in [2.24, 2.45) is 0 Å². The van der Waals surface area contributed by atoms with Crippen molar-refractivity contribution >= 4 is 29.1 Å². The minimum Gasteiger partial charge on any atom is -0.474 e. The zero-order valence-corrected chi connectivity index (χ0v) is 17.3. The Kier molecular flexibility index (Phi) is 5.63. The van der Waals surface area contributed by atoms with E-state index in [2.05, 4.69) is 4.98 Å². The van der Waals surface area contributed by atoms with Crippen molar-refractivity contribution in [2.45, 2.75) is 43.0 Å². The molecule has 10 heteroatoms. The molecule has 2 aromatic heterocycles. The maximum absolute atomic E-state index is 12.6. The summed E-state index contributed by atoms with van der Waals surface area (Å²) in [5.41, 5.74) is -9.38. The van der Waals surface area contributed by atoms with E-state index in [1.807, 2.05) is 0 Å². The SMILES string of the molecule is CC(=O)[C@]1(O)[C@@](O)(C(C)=O)CS[C@H](Oc2cccnc2-c2ccoc2)[C@@]1(O)C(C)=O. The fraction of sp³-hybridized carbons (Fsp3) is 0.400. The highest BCUT2D eigenvalue weighted by atomic mass is 32.2. The number of aliphatic hydroxyl groups is 3. The molecular formula is C20H21NO8S. The Morgan fingerprint density at radius 2 is 1.83 bits per heavy atom. The number of pyridine rings is 1. The Balaban J connectivity index is 2.13. The van der Waals surface area contributed by atoms with Gasteiger partial charge in [0.1, 0.15) is 11.4 Å². The molecule has 160 valence electrons. The molecule has 0 unspecified atom stereocenters. The smallest absolute Gasteiger partial charge is 0.208 e. The van der Waals surface area contributed by atoms with Crippen LogP contribution in [0, 0.1) is 0 Å². The maximum Gasteiger partial charge on any atom is 0.208 e. The number of rotatable bonds is 6. The molecule has 0 bridgehead atoms. The van der Waals surface area contributed by atoms with Gasteiger partial charge in [-0.1, -0.05) is 0 Å². The molecule has 3 N–H and O–H groups in total. The number of nitrogens with zero attached hydrogens (tertiary/aromatic N) is 1. The number of thioether (sulfide) groups is 1. The lowest BCUT2D eigenvalue weighted by Crippen LogP contribution is -2.82. The first kappa shape index (κ1) is 22.2. The molecule has 0 aromatic carbocycles. The number of hydrogen-bond acceptors (Lipinski definition) is 10. The number of ketones is 3. The van der Waals surface area contributed by atoms with Crippen LogP contribution in [-0.2, 0) is 14.4 Å². The van der Waals surface area contributed by atoms with Gasteiger partial charge in [0.2, 0.25) is 5.60 Å². The third kappa shape index (κ3) is 2.99. The highest BCUT2D eigenvalue weighted by Crippen LogP contribution is 2.49. The van der Waals surface area contributed by atoms with Gasteiger partial charge in [-0.15, -0.1) is 11.8 Å². The largest absolute Gasteiger partial charge is 0.474 e. The van der Waals surface area contributed by atoms with Crippen LogP contribution in [0.1, 0.15) is 20.8 Å². The van der Waals surface area contributed by atoms with Gasteiger partial charge in [0, 0.05) is 17.5 Å². The van der Waals surface area contributed by atoms with Gasteiger partial charge in [0.05, 0.1) is 12.5 Å². The molecule has 1 aliphatic heterocycles.